The second kappa shape index (κ2) is 4.02. The van der Waals surface area contributed by atoms with Crippen molar-refractivity contribution in [3.63, 3.8) is 0 Å². The van der Waals surface area contributed by atoms with E-state index in [-0.39, 0.29) is 0 Å². The van der Waals surface area contributed by atoms with Gasteiger partial charge in [0, 0.05) is 0 Å². The molecule has 0 aliphatic carbocycles. The van der Waals surface area contributed by atoms with Gasteiger partial charge in [0.2, 0.25) is 0 Å². The van der Waals surface area contributed by atoms with Gasteiger partial charge in [-0.15, -0.1) is 0 Å². The molecule has 1 atom stereocenters. The van der Waals surface area contributed by atoms with Crippen LogP contribution < -0.4 is 0 Å². The molecular formula is C7H14S. The van der Waals surface area contributed by atoms with Gasteiger partial charge in [-0.05, 0) is 23.6 Å². The lowest BCUT2D eigenvalue weighted by molar-refractivity contribution is 0.437. The first-order chi connectivity index (χ1) is 3.68. The second-order valence-electron chi connectivity index (χ2n) is 2.62. The molecule has 8 heavy (non-hydrogen) atoms. The third-order valence-corrected chi connectivity index (χ3v) is 1.80. The summed E-state index contributed by atoms with van der Waals surface area (Å²) in [6.45, 7) is 6.68. The summed E-state index contributed by atoms with van der Waals surface area (Å²) in [5.74, 6) is 1.53. The standard InChI is InChI=1S/C7H14S/c1-6(2)7(3)4-5-8/h5-7H,4H2,1-3H3. The Balaban J connectivity index is 3.30. The van der Waals surface area contributed by atoms with E-state index >= 15 is 0 Å². The van der Waals surface area contributed by atoms with Crippen molar-refractivity contribution in [2.45, 2.75) is 27.2 Å². The fraction of sp³-hybridized carbons (Fsp3) is 0.857. The Kier molecular flexibility index (Phi) is 4.06. The van der Waals surface area contributed by atoms with E-state index < -0.39 is 0 Å². The number of hydrogen-bond donors (Lipinski definition) is 0. The van der Waals surface area contributed by atoms with E-state index in [9.17, 15) is 0 Å². The van der Waals surface area contributed by atoms with Crippen LogP contribution in [0.1, 0.15) is 27.2 Å². The predicted octanol–water partition coefficient (Wildman–Crippen LogP) is 2.67. The van der Waals surface area contributed by atoms with Gasteiger partial charge >= 0.3 is 0 Å². The van der Waals surface area contributed by atoms with Crippen LogP contribution in [-0.4, -0.2) is 5.37 Å². The van der Waals surface area contributed by atoms with E-state index in [1.807, 2.05) is 5.37 Å². The minimum atomic E-state index is 0.757. The zero-order valence-electron chi connectivity index (χ0n) is 5.85. The molecule has 0 spiro atoms. The molecule has 1 unspecified atom stereocenters. The summed E-state index contributed by atoms with van der Waals surface area (Å²) in [5.41, 5.74) is 0. The van der Waals surface area contributed by atoms with Crippen LogP contribution in [-0.2, 0) is 0 Å². The summed E-state index contributed by atoms with van der Waals surface area (Å²) in [6, 6.07) is 0. The minimum Gasteiger partial charge on any atom is -0.0935 e. The van der Waals surface area contributed by atoms with Gasteiger partial charge in [0.1, 0.15) is 0 Å². The fourth-order valence-electron chi connectivity index (χ4n) is 0.424. The highest BCUT2D eigenvalue weighted by atomic mass is 32.1. The normalized spacial score (nSPS) is 14.0. The van der Waals surface area contributed by atoms with Gasteiger partial charge in [0.25, 0.3) is 0 Å². The van der Waals surface area contributed by atoms with Gasteiger partial charge in [0.15, 0.2) is 0 Å². The smallest absolute Gasteiger partial charge is 0.0208 e. The molecule has 0 saturated carbocycles. The summed E-state index contributed by atoms with van der Waals surface area (Å²) in [4.78, 5) is 0. The first-order valence-corrected chi connectivity index (χ1v) is 3.59. The van der Waals surface area contributed by atoms with Crippen molar-refractivity contribution < 1.29 is 0 Å². The number of hydrogen-bond acceptors (Lipinski definition) is 1. The summed E-state index contributed by atoms with van der Waals surface area (Å²) < 4.78 is 0. The molecule has 0 amide bonds. The van der Waals surface area contributed by atoms with E-state index in [1.165, 1.54) is 0 Å². The van der Waals surface area contributed by atoms with Crippen molar-refractivity contribution in [1.82, 2.24) is 0 Å². The van der Waals surface area contributed by atoms with E-state index in [4.69, 9.17) is 12.2 Å². The zero-order chi connectivity index (χ0) is 6.57. The Hall–Kier alpha value is 0.0900. The Morgan fingerprint density at radius 3 is 2.00 bits per heavy atom. The molecule has 0 bridgehead atoms. The van der Waals surface area contributed by atoms with E-state index in [2.05, 4.69) is 20.8 Å². The van der Waals surface area contributed by atoms with Gasteiger partial charge in [-0.1, -0.05) is 33.0 Å². The average molecular weight is 130 g/mol. The highest BCUT2D eigenvalue weighted by molar-refractivity contribution is 7.78. The lowest BCUT2D eigenvalue weighted by Gasteiger charge is -2.10. The van der Waals surface area contributed by atoms with E-state index in [1.54, 1.807) is 0 Å². The maximum Gasteiger partial charge on any atom is -0.0208 e. The quantitative estimate of drug-likeness (QED) is 0.529. The molecule has 0 aliphatic rings. The molecule has 0 radical (unpaired) electrons. The Labute approximate surface area is 57.3 Å². The van der Waals surface area contributed by atoms with Gasteiger partial charge in [0.05, 0.1) is 0 Å². The molecule has 0 nitrogen and oxygen atoms in total. The largest absolute Gasteiger partial charge is 0.0935 e. The fourth-order valence-corrected chi connectivity index (χ4v) is 0.728. The second-order valence-corrected chi connectivity index (χ2v) is 2.96. The Morgan fingerprint density at radius 2 is 1.88 bits per heavy atom. The van der Waals surface area contributed by atoms with Gasteiger partial charge in [-0.3, -0.25) is 0 Å². The number of thiocarbonyl (C=S) groups is 1. The molecule has 48 valence electrons. The van der Waals surface area contributed by atoms with Crippen LogP contribution in [0.4, 0.5) is 0 Å². The van der Waals surface area contributed by atoms with Crippen molar-refractivity contribution in [3.8, 4) is 0 Å². The van der Waals surface area contributed by atoms with Gasteiger partial charge in [-0.2, -0.15) is 0 Å². The highest BCUT2D eigenvalue weighted by Crippen LogP contribution is 2.11. The SMILES string of the molecule is CC(C)C(C)CC=S. The maximum atomic E-state index is 4.72. The third kappa shape index (κ3) is 3.14. The maximum absolute atomic E-state index is 4.72. The van der Waals surface area contributed by atoms with Crippen LogP contribution in [0.25, 0.3) is 0 Å². The van der Waals surface area contributed by atoms with Crippen LogP contribution in [0.5, 0.6) is 0 Å². The van der Waals surface area contributed by atoms with Crippen LogP contribution >= 0.6 is 12.2 Å². The predicted molar refractivity (Wildman–Crippen MR) is 42.3 cm³/mol. The van der Waals surface area contributed by atoms with Crippen LogP contribution in [0.15, 0.2) is 0 Å². The molecular weight excluding hydrogens is 116 g/mol. The monoisotopic (exact) mass is 130 g/mol. The summed E-state index contributed by atoms with van der Waals surface area (Å²) in [6.07, 6.45) is 1.08. The van der Waals surface area contributed by atoms with E-state index in [0.29, 0.717) is 0 Å². The average Bonchev–Trinajstić information content (AvgIpc) is 1.67. The first kappa shape index (κ1) is 8.09. The van der Waals surface area contributed by atoms with Gasteiger partial charge < -0.3 is 0 Å². The first-order valence-electron chi connectivity index (χ1n) is 3.12. The van der Waals surface area contributed by atoms with Crippen molar-refractivity contribution in [1.29, 1.82) is 0 Å². The van der Waals surface area contributed by atoms with Crippen LogP contribution in [0, 0.1) is 11.8 Å². The highest BCUT2D eigenvalue weighted by Gasteiger charge is 2.02. The molecule has 0 fully saturated rings. The van der Waals surface area contributed by atoms with Crippen LogP contribution in [0.2, 0.25) is 0 Å². The summed E-state index contributed by atoms with van der Waals surface area (Å²) in [5, 5.41) is 1.82. The molecule has 0 N–H and O–H groups in total. The van der Waals surface area contributed by atoms with Crippen molar-refractivity contribution >= 4 is 17.6 Å². The third-order valence-electron chi connectivity index (χ3n) is 1.61. The van der Waals surface area contributed by atoms with Gasteiger partial charge in [-0.25, -0.2) is 0 Å². The molecule has 0 aromatic carbocycles. The van der Waals surface area contributed by atoms with Crippen LogP contribution in [0.3, 0.4) is 0 Å². The molecule has 0 aromatic heterocycles. The number of rotatable bonds is 3. The van der Waals surface area contributed by atoms with Crippen molar-refractivity contribution in [2.75, 3.05) is 0 Å². The van der Waals surface area contributed by atoms with E-state index in [0.717, 1.165) is 18.3 Å². The molecule has 0 aliphatic heterocycles. The zero-order valence-corrected chi connectivity index (χ0v) is 6.66. The lowest BCUT2D eigenvalue weighted by Crippen LogP contribution is -2.02. The Bertz CT molecular complexity index is 66.8. The lowest BCUT2D eigenvalue weighted by atomic mass is 9.96. The van der Waals surface area contributed by atoms with Crippen molar-refractivity contribution in [3.05, 3.63) is 0 Å². The molecule has 0 rings (SSSR count). The molecule has 0 aromatic rings. The molecule has 1 heteroatoms. The Morgan fingerprint density at radius 1 is 1.38 bits per heavy atom. The molecule has 0 saturated heterocycles. The topological polar surface area (TPSA) is 0 Å². The minimum absolute atomic E-state index is 0.757. The molecule has 0 heterocycles. The summed E-state index contributed by atoms with van der Waals surface area (Å²) in [7, 11) is 0. The summed E-state index contributed by atoms with van der Waals surface area (Å²) >= 11 is 4.72. The van der Waals surface area contributed by atoms with Crippen molar-refractivity contribution in [2.24, 2.45) is 11.8 Å².